The third-order valence-electron chi connectivity index (χ3n) is 1.98. The van der Waals surface area contributed by atoms with Gasteiger partial charge in [-0.3, -0.25) is 4.79 Å². The van der Waals surface area contributed by atoms with Crippen LogP contribution in [0.2, 0.25) is 0 Å². The lowest BCUT2D eigenvalue weighted by Crippen LogP contribution is -1.95. The smallest absolute Gasteiger partial charge is 0.303 e. The second kappa shape index (κ2) is 4.12. The molecule has 0 aliphatic rings. The molecule has 0 aliphatic heterocycles. The van der Waals surface area contributed by atoms with E-state index in [0.29, 0.717) is 6.42 Å². The van der Waals surface area contributed by atoms with Gasteiger partial charge in [0.2, 0.25) is 0 Å². The van der Waals surface area contributed by atoms with Gasteiger partial charge in [0, 0.05) is 6.42 Å². The van der Waals surface area contributed by atoms with Gasteiger partial charge in [-0.05, 0) is 38.3 Å². The van der Waals surface area contributed by atoms with Gasteiger partial charge in [-0.25, -0.2) is 0 Å². The van der Waals surface area contributed by atoms with E-state index in [1.165, 1.54) is 0 Å². The summed E-state index contributed by atoms with van der Waals surface area (Å²) in [7, 11) is 0. The molecule has 0 radical (unpaired) electrons. The van der Waals surface area contributed by atoms with Crippen LogP contribution in [0, 0.1) is 13.8 Å². The molecule has 13 heavy (non-hydrogen) atoms. The molecule has 0 unspecified atom stereocenters. The fraction of sp³-hybridized carbons (Fsp3) is 0.500. The summed E-state index contributed by atoms with van der Waals surface area (Å²) in [5.41, 5.74) is 1.12. The van der Waals surface area contributed by atoms with Crippen LogP contribution in [0.1, 0.15) is 29.9 Å². The Kier molecular flexibility index (Phi) is 3.12. The van der Waals surface area contributed by atoms with Crippen LogP contribution in [-0.2, 0) is 11.2 Å². The Morgan fingerprint density at radius 1 is 1.54 bits per heavy atom. The van der Waals surface area contributed by atoms with Crippen LogP contribution in [0.3, 0.4) is 0 Å². The molecular weight excluding hydrogens is 168 g/mol. The van der Waals surface area contributed by atoms with E-state index in [4.69, 9.17) is 9.52 Å². The summed E-state index contributed by atoms with van der Waals surface area (Å²) in [5, 5.41) is 8.44. The fourth-order valence-electron chi connectivity index (χ4n) is 1.36. The summed E-state index contributed by atoms with van der Waals surface area (Å²) in [6.07, 6.45) is 1.69. The number of rotatable bonds is 4. The average Bonchev–Trinajstić information content (AvgIpc) is 2.29. The molecular formula is C10H14O3. The van der Waals surface area contributed by atoms with Gasteiger partial charge in [-0.15, -0.1) is 0 Å². The van der Waals surface area contributed by atoms with Crippen molar-refractivity contribution in [1.29, 1.82) is 0 Å². The quantitative estimate of drug-likeness (QED) is 0.777. The highest BCUT2D eigenvalue weighted by Crippen LogP contribution is 2.15. The number of aliphatic carboxylic acids is 1. The first-order chi connectivity index (χ1) is 6.09. The lowest BCUT2D eigenvalue weighted by molar-refractivity contribution is -0.137. The highest BCUT2D eigenvalue weighted by molar-refractivity contribution is 5.66. The van der Waals surface area contributed by atoms with Gasteiger partial charge in [0.05, 0.1) is 0 Å². The minimum Gasteiger partial charge on any atom is -0.481 e. The molecule has 1 aromatic rings. The van der Waals surface area contributed by atoms with Crippen molar-refractivity contribution < 1.29 is 14.3 Å². The maximum Gasteiger partial charge on any atom is 0.303 e. The topological polar surface area (TPSA) is 50.4 Å². The zero-order valence-corrected chi connectivity index (χ0v) is 7.96. The molecule has 1 aromatic heterocycles. The number of carboxylic acids is 1. The molecule has 1 rings (SSSR count). The highest BCUT2D eigenvalue weighted by atomic mass is 16.4. The summed E-state index contributed by atoms with van der Waals surface area (Å²) in [6, 6.07) is 1.97. The summed E-state index contributed by atoms with van der Waals surface area (Å²) in [5.74, 6) is 1.06. The van der Waals surface area contributed by atoms with Gasteiger partial charge in [0.1, 0.15) is 11.5 Å². The Labute approximate surface area is 77.4 Å². The maximum absolute atomic E-state index is 10.3. The van der Waals surface area contributed by atoms with E-state index in [9.17, 15) is 4.79 Å². The second-order valence-electron chi connectivity index (χ2n) is 3.19. The largest absolute Gasteiger partial charge is 0.481 e. The van der Waals surface area contributed by atoms with Crippen LogP contribution >= 0.6 is 0 Å². The van der Waals surface area contributed by atoms with Crippen molar-refractivity contribution in [3.8, 4) is 0 Å². The van der Waals surface area contributed by atoms with Crippen molar-refractivity contribution in [2.45, 2.75) is 33.1 Å². The lowest BCUT2D eigenvalue weighted by Gasteiger charge is -1.95. The first kappa shape index (κ1) is 9.84. The van der Waals surface area contributed by atoms with Crippen molar-refractivity contribution in [2.75, 3.05) is 0 Å². The minimum absolute atomic E-state index is 0.226. The van der Waals surface area contributed by atoms with E-state index in [-0.39, 0.29) is 6.42 Å². The Hall–Kier alpha value is -1.25. The van der Waals surface area contributed by atoms with E-state index in [1.54, 1.807) is 0 Å². The van der Waals surface area contributed by atoms with Crippen LogP contribution < -0.4 is 0 Å². The molecule has 0 saturated carbocycles. The molecule has 3 nitrogen and oxygen atoms in total. The molecule has 72 valence electrons. The predicted molar refractivity (Wildman–Crippen MR) is 48.8 cm³/mol. The molecule has 0 amide bonds. The van der Waals surface area contributed by atoms with Gasteiger partial charge < -0.3 is 9.52 Å². The normalized spacial score (nSPS) is 10.3. The van der Waals surface area contributed by atoms with E-state index >= 15 is 0 Å². The molecule has 0 aromatic carbocycles. The number of carboxylic acid groups (broad SMARTS) is 1. The number of hydrogen-bond acceptors (Lipinski definition) is 2. The van der Waals surface area contributed by atoms with Crippen LogP contribution in [0.5, 0.6) is 0 Å². The number of carbonyl (C=O) groups is 1. The Balaban J connectivity index is 2.45. The Bertz CT molecular complexity index is 299. The SMILES string of the molecule is Cc1cc(CCCC(=O)O)c(C)o1. The number of furan rings is 1. The summed E-state index contributed by atoms with van der Waals surface area (Å²) >= 11 is 0. The zero-order chi connectivity index (χ0) is 9.84. The molecule has 0 fully saturated rings. The molecule has 0 aliphatic carbocycles. The predicted octanol–water partition coefficient (Wildman–Crippen LogP) is 2.30. The van der Waals surface area contributed by atoms with Gasteiger partial charge in [-0.2, -0.15) is 0 Å². The molecule has 0 atom stereocenters. The lowest BCUT2D eigenvalue weighted by atomic mass is 10.1. The van der Waals surface area contributed by atoms with Crippen molar-refractivity contribution >= 4 is 5.97 Å². The van der Waals surface area contributed by atoms with Gasteiger partial charge in [0.25, 0.3) is 0 Å². The first-order valence-electron chi connectivity index (χ1n) is 4.37. The van der Waals surface area contributed by atoms with Gasteiger partial charge in [-0.1, -0.05) is 0 Å². The zero-order valence-electron chi connectivity index (χ0n) is 7.96. The number of hydrogen-bond donors (Lipinski definition) is 1. The van der Waals surface area contributed by atoms with Crippen molar-refractivity contribution in [3.63, 3.8) is 0 Å². The standard InChI is InChI=1S/C10H14O3/c1-7-6-9(8(2)13-7)4-3-5-10(11)12/h6H,3-5H2,1-2H3,(H,11,12). The number of aryl methyl sites for hydroxylation is 3. The third kappa shape index (κ3) is 2.93. The third-order valence-corrected chi connectivity index (χ3v) is 1.98. The summed E-state index contributed by atoms with van der Waals surface area (Å²) < 4.78 is 5.32. The average molecular weight is 182 g/mol. The Morgan fingerprint density at radius 2 is 2.23 bits per heavy atom. The van der Waals surface area contributed by atoms with E-state index in [1.807, 2.05) is 19.9 Å². The molecule has 0 bridgehead atoms. The van der Waals surface area contributed by atoms with E-state index in [2.05, 4.69) is 0 Å². The van der Waals surface area contributed by atoms with Crippen molar-refractivity contribution in [2.24, 2.45) is 0 Å². The van der Waals surface area contributed by atoms with Gasteiger partial charge >= 0.3 is 5.97 Å². The van der Waals surface area contributed by atoms with Gasteiger partial charge in [0.15, 0.2) is 0 Å². The van der Waals surface area contributed by atoms with Crippen LogP contribution in [0.15, 0.2) is 10.5 Å². The summed E-state index contributed by atoms with van der Waals surface area (Å²) in [4.78, 5) is 10.3. The molecule has 1 heterocycles. The van der Waals surface area contributed by atoms with E-state index in [0.717, 1.165) is 23.5 Å². The second-order valence-corrected chi connectivity index (χ2v) is 3.19. The monoisotopic (exact) mass is 182 g/mol. The van der Waals surface area contributed by atoms with Crippen molar-refractivity contribution in [3.05, 3.63) is 23.2 Å². The molecule has 0 saturated heterocycles. The van der Waals surface area contributed by atoms with Crippen LogP contribution in [0.4, 0.5) is 0 Å². The first-order valence-corrected chi connectivity index (χ1v) is 4.37. The van der Waals surface area contributed by atoms with Crippen LogP contribution in [0.25, 0.3) is 0 Å². The van der Waals surface area contributed by atoms with E-state index < -0.39 is 5.97 Å². The van der Waals surface area contributed by atoms with Crippen molar-refractivity contribution in [1.82, 2.24) is 0 Å². The fourth-order valence-corrected chi connectivity index (χ4v) is 1.36. The molecule has 3 heteroatoms. The Morgan fingerprint density at radius 3 is 2.69 bits per heavy atom. The molecule has 0 spiro atoms. The minimum atomic E-state index is -0.738. The van der Waals surface area contributed by atoms with Crippen LogP contribution in [-0.4, -0.2) is 11.1 Å². The maximum atomic E-state index is 10.3. The highest BCUT2D eigenvalue weighted by Gasteiger charge is 2.05. The molecule has 1 N–H and O–H groups in total. The summed E-state index contributed by atoms with van der Waals surface area (Å²) in [6.45, 7) is 3.80.